The van der Waals surface area contributed by atoms with Gasteiger partial charge in [-0.3, -0.25) is 13.9 Å². The van der Waals surface area contributed by atoms with E-state index in [1.165, 1.54) is 37.3 Å². The minimum Gasteiger partial charge on any atom is -0.493 e. The van der Waals surface area contributed by atoms with Crippen LogP contribution >= 0.6 is 0 Å². The molecule has 3 aromatic carbocycles. The van der Waals surface area contributed by atoms with Crippen LogP contribution in [0, 0.1) is 0 Å². The number of amides is 2. The number of nitrogens with zero attached hydrogens (tertiary/aromatic N) is 2. The molecule has 1 atom stereocenters. The van der Waals surface area contributed by atoms with Gasteiger partial charge in [0, 0.05) is 19.2 Å². The lowest BCUT2D eigenvalue weighted by Gasteiger charge is -2.32. The van der Waals surface area contributed by atoms with Crippen molar-refractivity contribution in [3.8, 4) is 11.5 Å². The van der Waals surface area contributed by atoms with E-state index in [2.05, 4.69) is 5.32 Å². The first kappa shape index (κ1) is 29.5. The van der Waals surface area contributed by atoms with Gasteiger partial charge in [0.2, 0.25) is 11.8 Å². The number of rotatable bonds is 13. The lowest BCUT2D eigenvalue weighted by atomic mass is 10.1. The van der Waals surface area contributed by atoms with Crippen LogP contribution in [0.5, 0.6) is 11.5 Å². The Bertz CT molecular complexity index is 1350. The van der Waals surface area contributed by atoms with Crippen LogP contribution in [0.1, 0.15) is 19.4 Å². The molecule has 0 spiro atoms. The second-order valence-corrected chi connectivity index (χ2v) is 10.6. The Morgan fingerprint density at radius 3 is 2.10 bits per heavy atom. The molecule has 2 amide bonds. The van der Waals surface area contributed by atoms with E-state index in [4.69, 9.17) is 9.47 Å². The first-order valence-corrected chi connectivity index (χ1v) is 14.1. The summed E-state index contributed by atoms with van der Waals surface area (Å²) in [6, 6.07) is 21.4. The third kappa shape index (κ3) is 7.29. The maximum atomic E-state index is 13.9. The zero-order chi connectivity index (χ0) is 28.4. The molecular weight excluding hydrogens is 518 g/mol. The number of methoxy groups -OCH3 is 2. The monoisotopic (exact) mass is 553 g/mol. The minimum atomic E-state index is -4.21. The molecule has 0 aromatic heterocycles. The molecule has 208 valence electrons. The Kier molecular flexibility index (Phi) is 10.3. The summed E-state index contributed by atoms with van der Waals surface area (Å²) in [5, 5.41) is 2.75. The van der Waals surface area contributed by atoms with Gasteiger partial charge in [-0.1, -0.05) is 48.5 Å². The third-order valence-corrected chi connectivity index (χ3v) is 8.04. The summed E-state index contributed by atoms with van der Waals surface area (Å²) < 4.78 is 39.4. The number of hydrogen-bond acceptors (Lipinski definition) is 6. The van der Waals surface area contributed by atoms with Gasteiger partial charge in [0.15, 0.2) is 11.5 Å². The van der Waals surface area contributed by atoms with Crippen LogP contribution in [0.2, 0.25) is 0 Å². The van der Waals surface area contributed by atoms with E-state index in [0.717, 1.165) is 9.87 Å². The molecule has 10 heteroatoms. The molecule has 3 aromatic rings. The summed E-state index contributed by atoms with van der Waals surface area (Å²) in [7, 11) is -1.34. The smallest absolute Gasteiger partial charge is 0.264 e. The number of ether oxygens (including phenoxy) is 2. The van der Waals surface area contributed by atoms with Crippen molar-refractivity contribution in [2.45, 2.75) is 31.2 Å². The summed E-state index contributed by atoms with van der Waals surface area (Å²) in [6.07, 6.45) is 0.504. The molecule has 3 rings (SSSR count). The predicted octanol–water partition coefficient (Wildman–Crippen LogP) is 3.50. The van der Waals surface area contributed by atoms with E-state index in [-0.39, 0.29) is 23.1 Å². The Morgan fingerprint density at radius 1 is 0.897 bits per heavy atom. The highest BCUT2D eigenvalue weighted by atomic mass is 32.2. The van der Waals surface area contributed by atoms with E-state index in [0.29, 0.717) is 24.4 Å². The topological polar surface area (TPSA) is 105 Å². The molecular formula is C29H35N3O6S. The second kappa shape index (κ2) is 13.7. The zero-order valence-corrected chi connectivity index (χ0v) is 23.5. The Labute approximate surface area is 230 Å². The highest BCUT2D eigenvalue weighted by Gasteiger charge is 2.32. The molecule has 0 bridgehead atoms. The van der Waals surface area contributed by atoms with Crippen molar-refractivity contribution in [3.63, 3.8) is 0 Å². The fourth-order valence-corrected chi connectivity index (χ4v) is 5.55. The highest BCUT2D eigenvalue weighted by molar-refractivity contribution is 7.92. The average Bonchev–Trinajstić information content (AvgIpc) is 2.96. The number of hydrogen-bond donors (Lipinski definition) is 1. The van der Waals surface area contributed by atoms with Gasteiger partial charge < -0.3 is 19.7 Å². The first-order valence-electron chi connectivity index (χ1n) is 12.6. The van der Waals surface area contributed by atoms with E-state index in [9.17, 15) is 18.0 Å². The van der Waals surface area contributed by atoms with E-state index in [1.807, 2.05) is 30.3 Å². The first-order chi connectivity index (χ1) is 18.7. The minimum absolute atomic E-state index is 0.0654. The molecule has 0 saturated heterocycles. The van der Waals surface area contributed by atoms with Gasteiger partial charge in [0.1, 0.15) is 12.6 Å². The average molecular weight is 554 g/mol. The van der Waals surface area contributed by atoms with Crippen LogP contribution in [-0.4, -0.2) is 65.0 Å². The van der Waals surface area contributed by atoms with Crippen LogP contribution < -0.4 is 19.1 Å². The molecule has 0 aliphatic rings. The van der Waals surface area contributed by atoms with E-state index in [1.54, 1.807) is 44.2 Å². The number of anilines is 1. The van der Waals surface area contributed by atoms with Gasteiger partial charge in [-0.2, -0.15) is 0 Å². The summed E-state index contributed by atoms with van der Waals surface area (Å²) in [6.45, 7) is 3.59. The van der Waals surface area contributed by atoms with Gasteiger partial charge in [-0.15, -0.1) is 0 Å². The number of sulfonamides is 1. The standard InChI is InChI=1S/C29H35N3O6S/c1-5-30-29(34)22(2)31(19-18-23-12-8-6-9-13-23)28(33)21-32(24-14-10-7-11-15-24)39(35,36)25-16-17-26(37-3)27(20-25)38-4/h6-17,20,22H,5,18-19,21H2,1-4H3,(H,30,34)/t22-/m1/s1. The van der Waals surface area contributed by atoms with Crippen molar-refractivity contribution < 1.29 is 27.5 Å². The SMILES string of the molecule is CCNC(=O)[C@@H](C)N(CCc1ccccc1)C(=O)CN(c1ccccc1)S(=O)(=O)c1ccc(OC)c(OC)c1. The lowest BCUT2D eigenvalue weighted by Crippen LogP contribution is -2.52. The molecule has 0 aliphatic carbocycles. The van der Waals surface area contributed by atoms with Crippen LogP contribution in [0.15, 0.2) is 83.8 Å². The van der Waals surface area contributed by atoms with E-state index < -0.39 is 28.5 Å². The zero-order valence-electron chi connectivity index (χ0n) is 22.7. The summed E-state index contributed by atoms with van der Waals surface area (Å²) in [4.78, 5) is 27.9. The van der Waals surface area contributed by atoms with Crippen molar-refractivity contribution in [1.82, 2.24) is 10.2 Å². The van der Waals surface area contributed by atoms with Gasteiger partial charge in [0.25, 0.3) is 10.0 Å². The number of benzene rings is 3. The molecule has 0 unspecified atom stereocenters. The Hall–Kier alpha value is -4.05. The number of likely N-dealkylation sites (N-methyl/N-ethyl adjacent to an activating group) is 1. The largest absolute Gasteiger partial charge is 0.493 e. The molecule has 0 fully saturated rings. The molecule has 0 aliphatic heterocycles. The van der Waals surface area contributed by atoms with Crippen LogP contribution in [-0.2, 0) is 26.0 Å². The normalized spacial score (nSPS) is 11.8. The maximum absolute atomic E-state index is 13.9. The molecule has 0 radical (unpaired) electrons. The van der Waals surface area contributed by atoms with Crippen molar-refractivity contribution in [2.24, 2.45) is 0 Å². The van der Waals surface area contributed by atoms with Gasteiger partial charge in [0.05, 0.1) is 24.8 Å². The predicted molar refractivity (Wildman–Crippen MR) is 151 cm³/mol. The van der Waals surface area contributed by atoms with Crippen molar-refractivity contribution >= 4 is 27.5 Å². The summed E-state index contributed by atoms with van der Waals surface area (Å²) in [5.41, 5.74) is 1.31. The molecule has 39 heavy (non-hydrogen) atoms. The fraction of sp³-hybridized carbons (Fsp3) is 0.310. The van der Waals surface area contributed by atoms with Crippen LogP contribution in [0.3, 0.4) is 0 Å². The molecule has 1 N–H and O–H groups in total. The van der Waals surface area contributed by atoms with Crippen molar-refractivity contribution in [2.75, 3.05) is 38.2 Å². The fourth-order valence-electron chi connectivity index (χ4n) is 4.12. The molecule has 9 nitrogen and oxygen atoms in total. The van der Waals surface area contributed by atoms with Crippen LogP contribution in [0.4, 0.5) is 5.69 Å². The Morgan fingerprint density at radius 2 is 1.51 bits per heavy atom. The third-order valence-electron chi connectivity index (χ3n) is 6.27. The van der Waals surface area contributed by atoms with Crippen LogP contribution in [0.25, 0.3) is 0 Å². The summed E-state index contributed by atoms with van der Waals surface area (Å²) in [5.74, 6) is -0.195. The Balaban J connectivity index is 1.99. The highest BCUT2D eigenvalue weighted by Crippen LogP contribution is 2.32. The number of nitrogens with one attached hydrogen (secondary N) is 1. The molecule has 0 heterocycles. The number of carbonyl (C=O) groups excluding carboxylic acids is 2. The van der Waals surface area contributed by atoms with Crippen molar-refractivity contribution in [3.05, 3.63) is 84.4 Å². The quantitative estimate of drug-likeness (QED) is 0.347. The lowest BCUT2D eigenvalue weighted by molar-refractivity contribution is -0.138. The van der Waals surface area contributed by atoms with Gasteiger partial charge in [-0.25, -0.2) is 8.42 Å². The molecule has 0 saturated carbocycles. The maximum Gasteiger partial charge on any atom is 0.264 e. The van der Waals surface area contributed by atoms with Gasteiger partial charge >= 0.3 is 0 Å². The second-order valence-electron chi connectivity index (χ2n) is 8.76. The number of carbonyl (C=O) groups is 2. The van der Waals surface area contributed by atoms with E-state index >= 15 is 0 Å². The van der Waals surface area contributed by atoms with Crippen molar-refractivity contribution in [1.29, 1.82) is 0 Å². The summed E-state index contributed by atoms with van der Waals surface area (Å²) >= 11 is 0. The van der Waals surface area contributed by atoms with Gasteiger partial charge in [-0.05, 0) is 50.1 Å². The number of para-hydroxylation sites is 1.